The summed E-state index contributed by atoms with van der Waals surface area (Å²) >= 11 is 0. The molecule has 19 heavy (non-hydrogen) atoms. The summed E-state index contributed by atoms with van der Waals surface area (Å²) in [5, 5.41) is 0. The van der Waals surface area contributed by atoms with Crippen molar-refractivity contribution in [2.75, 3.05) is 12.3 Å². The topological polar surface area (TPSA) is 52.3 Å². The van der Waals surface area contributed by atoms with Crippen molar-refractivity contribution < 1.29 is 9.53 Å². The molecule has 1 aromatic carbocycles. The molecule has 104 valence electrons. The molecule has 1 unspecified atom stereocenters. The molecule has 3 nitrogen and oxygen atoms in total. The summed E-state index contributed by atoms with van der Waals surface area (Å²) in [6.45, 7) is 2.62. The lowest BCUT2D eigenvalue weighted by atomic mass is 9.83. The molecule has 0 heterocycles. The van der Waals surface area contributed by atoms with Gasteiger partial charge in [-0.15, -0.1) is 0 Å². The molecule has 1 saturated carbocycles. The maximum atomic E-state index is 11.7. The molecule has 0 bridgehead atoms. The van der Waals surface area contributed by atoms with E-state index in [1.54, 1.807) is 0 Å². The van der Waals surface area contributed by atoms with Crippen LogP contribution in [0.3, 0.4) is 0 Å². The second-order valence-electron chi connectivity index (χ2n) is 5.58. The molecule has 2 N–H and O–H groups in total. The summed E-state index contributed by atoms with van der Waals surface area (Å²) in [5.41, 5.74) is 7.53. The van der Waals surface area contributed by atoms with Crippen LogP contribution in [0.5, 0.6) is 0 Å². The fourth-order valence-electron chi connectivity index (χ4n) is 2.37. The van der Waals surface area contributed by atoms with E-state index in [1.165, 1.54) is 19.3 Å². The number of carbonyl (C=O) groups is 1. The SMILES string of the molecule is CC(CC(=O)OCCC1CCC1)c1ccc(N)cc1. The average molecular weight is 261 g/mol. The Morgan fingerprint density at radius 3 is 2.63 bits per heavy atom. The highest BCUT2D eigenvalue weighted by molar-refractivity contribution is 5.70. The monoisotopic (exact) mass is 261 g/mol. The van der Waals surface area contributed by atoms with E-state index in [4.69, 9.17) is 10.5 Å². The Balaban J connectivity index is 1.70. The highest BCUT2D eigenvalue weighted by Gasteiger charge is 2.18. The van der Waals surface area contributed by atoms with E-state index < -0.39 is 0 Å². The maximum Gasteiger partial charge on any atom is 0.306 e. The minimum Gasteiger partial charge on any atom is -0.466 e. The minimum absolute atomic E-state index is 0.0938. The van der Waals surface area contributed by atoms with E-state index in [1.807, 2.05) is 31.2 Å². The minimum atomic E-state index is -0.0938. The lowest BCUT2D eigenvalue weighted by molar-refractivity contribution is -0.144. The molecule has 0 amide bonds. The Hall–Kier alpha value is -1.51. The van der Waals surface area contributed by atoms with Gasteiger partial charge in [-0.1, -0.05) is 38.3 Å². The molecule has 1 aromatic rings. The van der Waals surface area contributed by atoms with Crippen LogP contribution >= 0.6 is 0 Å². The molecular formula is C16H23NO2. The van der Waals surface area contributed by atoms with Crippen molar-refractivity contribution in [3.8, 4) is 0 Å². The maximum absolute atomic E-state index is 11.7. The smallest absolute Gasteiger partial charge is 0.306 e. The van der Waals surface area contributed by atoms with Gasteiger partial charge in [0.25, 0.3) is 0 Å². The summed E-state index contributed by atoms with van der Waals surface area (Å²) in [4.78, 5) is 11.7. The van der Waals surface area contributed by atoms with Crippen LogP contribution in [0, 0.1) is 5.92 Å². The van der Waals surface area contributed by atoms with Crippen molar-refractivity contribution in [3.05, 3.63) is 29.8 Å². The van der Waals surface area contributed by atoms with Gasteiger partial charge in [-0.25, -0.2) is 0 Å². The van der Waals surface area contributed by atoms with Gasteiger partial charge < -0.3 is 10.5 Å². The summed E-state index contributed by atoms with van der Waals surface area (Å²) < 4.78 is 5.30. The molecule has 0 spiro atoms. The molecule has 3 heteroatoms. The Kier molecular flexibility index (Phi) is 4.83. The van der Waals surface area contributed by atoms with E-state index in [0.717, 1.165) is 23.6 Å². The second-order valence-corrected chi connectivity index (χ2v) is 5.58. The fraction of sp³-hybridized carbons (Fsp3) is 0.562. The molecule has 1 atom stereocenters. The van der Waals surface area contributed by atoms with Gasteiger partial charge >= 0.3 is 5.97 Å². The van der Waals surface area contributed by atoms with Crippen LogP contribution in [-0.4, -0.2) is 12.6 Å². The van der Waals surface area contributed by atoms with E-state index in [0.29, 0.717) is 13.0 Å². The van der Waals surface area contributed by atoms with Crippen LogP contribution in [0.1, 0.15) is 50.5 Å². The second kappa shape index (κ2) is 6.60. The zero-order chi connectivity index (χ0) is 13.7. The van der Waals surface area contributed by atoms with Gasteiger partial charge in [-0.3, -0.25) is 4.79 Å². The number of nitrogens with two attached hydrogens (primary N) is 1. The number of esters is 1. The Labute approximate surface area is 115 Å². The van der Waals surface area contributed by atoms with Gasteiger partial charge in [0.15, 0.2) is 0 Å². The first kappa shape index (κ1) is 13.9. The van der Waals surface area contributed by atoms with Gasteiger partial charge in [0.2, 0.25) is 0 Å². The number of carbonyl (C=O) groups excluding carboxylic acids is 1. The Bertz CT molecular complexity index is 409. The molecule has 1 aliphatic carbocycles. The third-order valence-electron chi connectivity index (χ3n) is 3.99. The number of nitrogen functional groups attached to an aromatic ring is 1. The quantitative estimate of drug-likeness (QED) is 0.630. The van der Waals surface area contributed by atoms with Crippen LogP contribution < -0.4 is 5.73 Å². The molecule has 0 aromatic heterocycles. The first-order valence-electron chi connectivity index (χ1n) is 7.16. The Morgan fingerprint density at radius 1 is 1.37 bits per heavy atom. The summed E-state index contributed by atoms with van der Waals surface area (Å²) in [5.74, 6) is 0.878. The predicted octanol–water partition coefficient (Wildman–Crippen LogP) is 3.50. The van der Waals surface area contributed by atoms with E-state index in [2.05, 4.69) is 0 Å². The van der Waals surface area contributed by atoms with Crippen molar-refractivity contribution >= 4 is 11.7 Å². The molecule has 2 rings (SSSR count). The number of hydrogen-bond donors (Lipinski definition) is 1. The third kappa shape index (κ3) is 4.27. The van der Waals surface area contributed by atoms with Crippen LogP contribution in [0.4, 0.5) is 5.69 Å². The van der Waals surface area contributed by atoms with E-state index in [9.17, 15) is 4.79 Å². The highest BCUT2D eigenvalue weighted by Crippen LogP contribution is 2.29. The third-order valence-corrected chi connectivity index (χ3v) is 3.99. The number of hydrogen-bond acceptors (Lipinski definition) is 3. The van der Waals surface area contributed by atoms with E-state index >= 15 is 0 Å². The number of ether oxygens (including phenoxy) is 1. The van der Waals surface area contributed by atoms with Crippen molar-refractivity contribution in [2.45, 2.75) is 44.9 Å². The first-order chi connectivity index (χ1) is 9.15. The molecule has 0 radical (unpaired) electrons. The molecule has 0 aliphatic heterocycles. The number of anilines is 1. The zero-order valence-electron chi connectivity index (χ0n) is 11.6. The number of benzene rings is 1. The standard InChI is InChI=1S/C16H23NO2/c1-12(14-5-7-15(17)8-6-14)11-16(18)19-10-9-13-3-2-4-13/h5-8,12-13H,2-4,9-11,17H2,1H3. The Morgan fingerprint density at radius 2 is 2.05 bits per heavy atom. The van der Waals surface area contributed by atoms with Gasteiger partial charge in [-0.2, -0.15) is 0 Å². The largest absolute Gasteiger partial charge is 0.466 e. The van der Waals surface area contributed by atoms with Gasteiger partial charge in [-0.05, 0) is 36.0 Å². The fourth-order valence-corrected chi connectivity index (χ4v) is 2.37. The molecule has 1 aliphatic rings. The lowest BCUT2D eigenvalue weighted by Gasteiger charge is -2.24. The zero-order valence-corrected chi connectivity index (χ0v) is 11.6. The highest BCUT2D eigenvalue weighted by atomic mass is 16.5. The summed E-state index contributed by atoms with van der Waals surface area (Å²) in [7, 11) is 0. The van der Waals surface area contributed by atoms with Gasteiger partial charge in [0.1, 0.15) is 0 Å². The first-order valence-corrected chi connectivity index (χ1v) is 7.16. The summed E-state index contributed by atoms with van der Waals surface area (Å²) in [6, 6.07) is 7.69. The van der Waals surface area contributed by atoms with Crippen molar-refractivity contribution in [1.82, 2.24) is 0 Å². The van der Waals surface area contributed by atoms with Crippen LogP contribution in [0.15, 0.2) is 24.3 Å². The van der Waals surface area contributed by atoms with E-state index in [-0.39, 0.29) is 11.9 Å². The average Bonchev–Trinajstić information content (AvgIpc) is 2.33. The van der Waals surface area contributed by atoms with Gasteiger partial charge in [0.05, 0.1) is 13.0 Å². The lowest BCUT2D eigenvalue weighted by Crippen LogP contribution is -2.16. The van der Waals surface area contributed by atoms with Crippen LogP contribution in [0.2, 0.25) is 0 Å². The van der Waals surface area contributed by atoms with Crippen molar-refractivity contribution in [2.24, 2.45) is 5.92 Å². The van der Waals surface area contributed by atoms with Crippen LogP contribution in [-0.2, 0) is 9.53 Å². The van der Waals surface area contributed by atoms with Crippen LogP contribution in [0.25, 0.3) is 0 Å². The number of rotatable bonds is 6. The molecule has 0 saturated heterocycles. The normalized spacial score (nSPS) is 16.7. The van der Waals surface area contributed by atoms with Crippen molar-refractivity contribution in [1.29, 1.82) is 0 Å². The molecular weight excluding hydrogens is 238 g/mol. The molecule has 1 fully saturated rings. The summed E-state index contributed by atoms with van der Waals surface area (Å²) in [6.07, 6.45) is 5.42. The van der Waals surface area contributed by atoms with Gasteiger partial charge in [0, 0.05) is 5.69 Å². The predicted molar refractivity (Wildman–Crippen MR) is 76.8 cm³/mol. The van der Waals surface area contributed by atoms with Crippen molar-refractivity contribution in [3.63, 3.8) is 0 Å².